The zero-order valence-electron chi connectivity index (χ0n) is 12.4. The molecule has 9 heteroatoms. The number of rotatable bonds is 3. The van der Waals surface area contributed by atoms with E-state index in [0.29, 0.717) is 12.1 Å². The summed E-state index contributed by atoms with van der Waals surface area (Å²) in [5, 5.41) is 2.11. The molecule has 134 valence electrons. The van der Waals surface area contributed by atoms with Gasteiger partial charge in [0.1, 0.15) is 5.75 Å². The Kier molecular flexibility index (Phi) is 5.24. The van der Waals surface area contributed by atoms with Crippen molar-refractivity contribution in [2.45, 2.75) is 18.9 Å². The van der Waals surface area contributed by atoms with E-state index in [1.54, 1.807) is 18.2 Å². The number of amides is 1. The van der Waals surface area contributed by atoms with Crippen LogP contribution >= 0.6 is 0 Å². The van der Waals surface area contributed by atoms with Gasteiger partial charge in [0.15, 0.2) is 0 Å². The van der Waals surface area contributed by atoms with Gasteiger partial charge in [-0.1, -0.05) is 18.2 Å². The van der Waals surface area contributed by atoms with Crippen molar-refractivity contribution in [3.05, 3.63) is 65.2 Å². The van der Waals surface area contributed by atoms with Crippen LogP contribution in [0.25, 0.3) is 0 Å². The van der Waals surface area contributed by atoms with Crippen LogP contribution in [0.2, 0.25) is 0 Å². The standard InChI is InChI=1S/C16H11F6NO2/c17-15(18,19)11-6-10(7-12(8-11)16(20,21)22)9-23-14(24)25-13-4-2-1-3-5-13/h1-8H,9H2,(H,23,24). The van der Waals surface area contributed by atoms with Crippen LogP contribution < -0.4 is 10.1 Å². The molecule has 3 nitrogen and oxygen atoms in total. The third kappa shape index (κ3) is 5.40. The number of nitrogens with one attached hydrogen (secondary N) is 1. The van der Waals surface area contributed by atoms with Crippen molar-refractivity contribution >= 4 is 6.09 Å². The Morgan fingerprint density at radius 3 is 1.88 bits per heavy atom. The maximum Gasteiger partial charge on any atom is 0.416 e. The zero-order valence-corrected chi connectivity index (χ0v) is 12.4. The number of carbonyl (C=O) groups is 1. The van der Waals surface area contributed by atoms with Crippen molar-refractivity contribution < 1.29 is 35.9 Å². The number of ether oxygens (including phenoxy) is 1. The van der Waals surface area contributed by atoms with Gasteiger partial charge < -0.3 is 10.1 Å². The van der Waals surface area contributed by atoms with Gasteiger partial charge in [0.05, 0.1) is 11.1 Å². The van der Waals surface area contributed by atoms with Crippen LogP contribution in [0.3, 0.4) is 0 Å². The first-order valence-electron chi connectivity index (χ1n) is 6.85. The minimum Gasteiger partial charge on any atom is -0.410 e. The third-order valence-electron chi connectivity index (χ3n) is 3.04. The van der Waals surface area contributed by atoms with Gasteiger partial charge in [0.2, 0.25) is 0 Å². The van der Waals surface area contributed by atoms with E-state index in [9.17, 15) is 31.1 Å². The molecule has 0 heterocycles. The van der Waals surface area contributed by atoms with E-state index in [4.69, 9.17) is 4.74 Å². The number of hydrogen-bond acceptors (Lipinski definition) is 2. The highest BCUT2D eigenvalue weighted by Crippen LogP contribution is 2.36. The number of carbonyl (C=O) groups excluding carboxylic acids is 1. The van der Waals surface area contributed by atoms with Gasteiger partial charge in [-0.25, -0.2) is 4.79 Å². The van der Waals surface area contributed by atoms with E-state index in [1.807, 2.05) is 0 Å². The molecule has 0 saturated carbocycles. The van der Waals surface area contributed by atoms with Crippen LogP contribution in [0.15, 0.2) is 48.5 Å². The van der Waals surface area contributed by atoms with Gasteiger partial charge in [0.25, 0.3) is 0 Å². The summed E-state index contributed by atoms with van der Waals surface area (Å²) in [5.41, 5.74) is -3.25. The number of benzene rings is 2. The van der Waals surface area contributed by atoms with Gasteiger partial charge in [-0.3, -0.25) is 0 Å². The molecule has 0 radical (unpaired) electrons. The molecule has 0 unspecified atom stereocenters. The molecule has 2 aromatic carbocycles. The molecule has 0 aliphatic rings. The lowest BCUT2D eigenvalue weighted by molar-refractivity contribution is -0.143. The highest BCUT2D eigenvalue weighted by molar-refractivity contribution is 5.70. The summed E-state index contributed by atoms with van der Waals surface area (Å²) in [6.07, 6.45) is -10.9. The molecular weight excluding hydrogens is 352 g/mol. The van der Waals surface area contributed by atoms with Crippen LogP contribution in [-0.4, -0.2) is 6.09 Å². The normalized spacial score (nSPS) is 11.9. The lowest BCUT2D eigenvalue weighted by Crippen LogP contribution is -2.26. The van der Waals surface area contributed by atoms with Crippen molar-refractivity contribution in [1.29, 1.82) is 0 Å². The summed E-state index contributed by atoms with van der Waals surface area (Å²) < 4.78 is 81.3. The molecule has 0 aliphatic carbocycles. The monoisotopic (exact) mass is 363 g/mol. The van der Waals surface area contributed by atoms with Crippen LogP contribution in [0.1, 0.15) is 16.7 Å². The smallest absolute Gasteiger partial charge is 0.410 e. The summed E-state index contributed by atoms with van der Waals surface area (Å²) in [4.78, 5) is 11.6. The molecule has 0 bridgehead atoms. The van der Waals surface area contributed by atoms with Gasteiger partial charge in [-0.2, -0.15) is 26.3 Å². The van der Waals surface area contributed by atoms with Crippen LogP contribution in [0, 0.1) is 0 Å². The average molecular weight is 363 g/mol. The molecule has 1 amide bonds. The molecule has 25 heavy (non-hydrogen) atoms. The summed E-state index contributed by atoms with van der Waals surface area (Å²) in [7, 11) is 0. The maximum atomic E-state index is 12.7. The van der Waals surface area contributed by atoms with E-state index in [-0.39, 0.29) is 17.4 Å². The van der Waals surface area contributed by atoms with E-state index in [0.717, 1.165) is 0 Å². The quantitative estimate of drug-likeness (QED) is 0.779. The van der Waals surface area contributed by atoms with E-state index >= 15 is 0 Å². The van der Waals surface area contributed by atoms with Crippen molar-refractivity contribution in [2.75, 3.05) is 0 Å². The molecule has 0 atom stereocenters. The number of alkyl halides is 6. The van der Waals surface area contributed by atoms with Crippen LogP contribution in [0.4, 0.5) is 31.1 Å². The fourth-order valence-electron chi connectivity index (χ4n) is 1.93. The summed E-state index contributed by atoms with van der Waals surface area (Å²) >= 11 is 0. The fourth-order valence-corrected chi connectivity index (χ4v) is 1.93. The molecule has 0 aliphatic heterocycles. The number of hydrogen-bond donors (Lipinski definition) is 1. The predicted molar refractivity (Wildman–Crippen MR) is 75.8 cm³/mol. The van der Waals surface area contributed by atoms with Gasteiger partial charge >= 0.3 is 18.4 Å². The second-order valence-electron chi connectivity index (χ2n) is 4.97. The largest absolute Gasteiger partial charge is 0.416 e. The minimum absolute atomic E-state index is 0.0196. The van der Waals surface area contributed by atoms with Crippen molar-refractivity contribution in [3.63, 3.8) is 0 Å². The lowest BCUT2D eigenvalue weighted by Gasteiger charge is -2.14. The molecule has 0 aromatic heterocycles. The van der Waals surface area contributed by atoms with E-state index in [2.05, 4.69) is 5.32 Å². The van der Waals surface area contributed by atoms with Crippen LogP contribution in [0.5, 0.6) is 5.75 Å². The predicted octanol–water partition coefficient (Wildman–Crippen LogP) is 5.01. The van der Waals surface area contributed by atoms with Crippen molar-refractivity contribution in [3.8, 4) is 5.75 Å². The minimum atomic E-state index is -4.94. The first-order chi connectivity index (χ1) is 11.6. The maximum absolute atomic E-state index is 12.7. The Balaban J connectivity index is 2.14. The first kappa shape index (κ1) is 18.6. The molecule has 2 rings (SSSR count). The molecule has 2 aromatic rings. The van der Waals surface area contributed by atoms with E-state index < -0.39 is 36.1 Å². The Morgan fingerprint density at radius 1 is 0.880 bits per heavy atom. The Hall–Kier alpha value is -2.71. The highest BCUT2D eigenvalue weighted by Gasteiger charge is 2.36. The summed E-state index contributed by atoms with van der Waals surface area (Å²) in [6, 6.07) is 8.88. The van der Waals surface area contributed by atoms with Gasteiger partial charge in [-0.05, 0) is 35.9 Å². The fraction of sp³-hybridized carbons (Fsp3) is 0.188. The Morgan fingerprint density at radius 2 is 1.40 bits per heavy atom. The van der Waals surface area contributed by atoms with Crippen molar-refractivity contribution in [2.24, 2.45) is 0 Å². The zero-order chi connectivity index (χ0) is 18.7. The van der Waals surface area contributed by atoms with E-state index in [1.165, 1.54) is 12.1 Å². The number of halogens is 6. The topological polar surface area (TPSA) is 38.3 Å². The third-order valence-corrected chi connectivity index (χ3v) is 3.04. The van der Waals surface area contributed by atoms with Crippen LogP contribution in [-0.2, 0) is 18.9 Å². The average Bonchev–Trinajstić information content (AvgIpc) is 2.52. The van der Waals surface area contributed by atoms with Crippen molar-refractivity contribution in [1.82, 2.24) is 5.32 Å². The first-order valence-corrected chi connectivity index (χ1v) is 6.85. The molecule has 0 saturated heterocycles. The SMILES string of the molecule is O=C(NCc1cc(C(F)(F)F)cc(C(F)(F)F)c1)Oc1ccccc1. The molecule has 0 fully saturated rings. The second-order valence-corrected chi connectivity index (χ2v) is 4.97. The molecule has 0 spiro atoms. The Bertz CT molecular complexity index is 708. The van der Waals surface area contributed by atoms with Gasteiger partial charge in [-0.15, -0.1) is 0 Å². The highest BCUT2D eigenvalue weighted by atomic mass is 19.4. The molecular formula is C16H11F6NO2. The second kappa shape index (κ2) is 7.04. The number of para-hydroxylation sites is 1. The summed E-state index contributed by atoms with van der Waals surface area (Å²) in [5.74, 6) is 0.181. The summed E-state index contributed by atoms with van der Waals surface area (Å²) in [6.45, 7) is -0.557. The van der Waals surface area contributed by atoms with Gasteiger partial charge in [0, 0.05) is 6.54 Å². The lowest BCUT2D eigenvalue weighted by atomic mass is 10.0. The Labute approximate surface area is 138 Å². The molecule has 1 N–H and O–H groups in total.